The number of carbonyl (C=O) groups excluding carboxylic acids is 1. The van der Waals surface area contributed by atoms with Crippen molar-refractivity contribution in [1.82, 2.24) is 5.32 Å². The summed E-state index contributed by atoms with van der Waals surface area (Å²) < 4.78 is 5.06. The maximum atomic E-state index is 11.7. The summed E-state index contributed by atoms with van der Waals surface area (Å²) >= 11 is 0. The topological polar surface area (TPSA) is 64.3 Å². The first-order valence-corrected chi connectivity index (χ1v) is 6.73. The van der Waals surface area contributed by atoms with E-state index in [0.29, 0.717) is 18.8 Å². The van der Waals surface area contributed by atoms with Crippen molar-refractivity contribution < 1.29 is 9.53 Å². The number of amides is 1. The highest BCUT2D eigenvalue weighted by Gasteiger charge is 2.17. The number of carbonyl (C=O) groups is 1. The van der Waals surface area contributed by atoms with E-state index >= 15 is 0 Å². The number of hydrogen-bond acceptors (Lipinski definition) is 3. The molecule has 0 aliphatic carbocycles. The predicted molar refractivity (Wildman–Crippen MR) is 83.2 cm³/mol. The van der Waals surface area contributed by atoms with Crippen LogP contribution in [0.1, 0.15) is 25.8 Å². The van der Waals surface area contributed by atoms with Gasteiger partial charge in [0.2, 0.25) is 5.91 Å². The largest absolute Gasteiger partial charge is 0.399 e. The Labute approximate surface area is 121 Å². The fourth-order valence-corrected chi connectivity index (χ4v) is 1.63. The fraction of sp³-hybridized carbons (Fsp3) is 0.438. The number of hydrogen-bond donors (Lipinski definition) is 2. The number of nitrogens with two attached hydrogens (primary N) is 1. The van der Waals surface area contributed by atoms with Gasteiger partial charge in [-0.25, -0.2) is 0 Å². The third-order valence-electron chi connectivity index (χ3n) is 3.09. The van der Waals surface area contributed by atoms with Crippen molar-refractivity contribution >= 4 is 17.7 Å². The molecular formula is C16H24N2O2. The van der Waals surface area contributed by atoms with Crippen LogP contribution in [-0.2, 0) is 9.53 Å². The van der Waals surface area contributed by atoms with Crippen molar-refractivity contribution in [1.29, 1.82) is 0 Å². The lowest BCUT2D eigenvalue weighted by atomic mass is 9.90. The molecule has 0 aliphatic heterocycles. The van der Waals surface area contributed by atoms with E-state index in [9.17, 15) is 4.79 Å². The van der Waals surface area contributed by atoms with Crippen LogP contribution < -0.4 is 11.1 Å². The Morgan fingerprint density at radius 3 is 2.60 bits per heavy atom. The molecule has 4 nitrogen and oxygen atoms in total. The van der Waals surface area contributed by atoms with Crippen molar-refractivity contribution in [2.75, 3.05) is 26.0 Å². The molecule has 0 bridgehead atoms. The van der Waals surface area contributed by atoms with E-state index in [2.05, 4.69) is 19.2 Å². The van der Waals surface area contributed by atoms with Gasteiger partial charge < -0.3 is 15.8 Å². The Kier molecular flexibility index (Phi) is 6.25. The molecule has 1 amide bonds. The molecule has 110 valence electrons. The molecule has 0 aliphatic rings. The van der Waals surface area contributed by atoms with Crippen LogP contribution in [0.4, 0.5) is 5.69 Å². The molecule has 0 spiro atoms. The number of methoxy groups -OCH3 is 1. The molecule has 0 aromatic heterocycles. The summed E-state index contributed by atoms with van der Waals surface area (Å²) in [5.41, 5.74) is 7.30. The minimum absolute atomic E-state index is 0.0285. The van der Waals surface area contributed by atoms with Gasteiger partial charge in [0.25, 0.3) is 0 Å². The first-order chi connectivity index (χ1) is 9.43. The molecule has 0 unspecified atom stereocenters. The van der Waals surface area contributed by atoms with Crippen molar-refractivity contribution in [3.8, 4) is 0 Å². The van der Waals surface area contributed by atoms with Gasteiger partial charge in [-0.3, -0.25) is 4.79 Å². The summed E-state index contributed by atoms with van der Waals surface area (Å²) in [4.78, 5) is 11.7. The smallest absolute Gasteiger partial charge is 0.244 e. The molecule has 1 rings (SSSR count). The number of benzene rings is 1. The van der Waals surface area contributed by atoms with Crippen LogP contribution >= 0.6 is 0 Å². The minimum Gasteiger partial charge on any atom is -0.399 e. The van der Waals surface area contributed by atoms with Crippen LogP contribution in [0.25, 0.3) is 6.08 Å². The molecule has 20 heavy (non-hydrogen) atoms. The van der Waals surface area contributed by atoms with Crippen molar-refractivity contribution in [2.45, 2.75) is 20.3 Å². The molecule has 0 atom stereocenters. The molecule has 0 heterocycles. The lowest BCUT2D eigenvalue weighted by Gasteiger charge is -2.24. The molecular weight excluding hydrogens is 252 g/mol. The highest BCUT2D eigenvalue weighted by molar-refractivity contribution is 5.91. The Morgan fingerprint density at radius 2 is 2.00 bits per heavy atom. The standard InChI is InChI=1S/C16H24N2O2/c1-16(2,10-11-20-3)12-18-15(19)9-6-13-4-7-14(17)8-5-13/h4-9H,10-12,17H2,1-3H3,(H,18,19)/b9-6+. The number of nitrogen functional groups attached to an aromatic ring is 1. The van der Waals surface area contributed by atoms with Crippen LogP contribution in [-0.4, -0.2) is 26.2 Å². The molecule has 0 fully saturated rings. The second kappa shape index (κ2) is 7.70. The maximum absolute atomic E-state index is 11.7. The average molecular weight is 276 g/mol. The first-order valence-electron chi connectivity index (χ1n) is 6.73. The zero-order valence-electron chi connectivity index (χ0n) is 12.5. The van der Waals surface area contributed by atoms with Crippen molar-refractivity contribution in [3.05, 3.63) is 35.9 Å². The highest BCUT2D eigenvalue weighted by atomic mass is 16.5. The zero-order chi connectivity index (χ0) is 15.0. The van der Waals surface area contributed by atoms with Crippen LogP contribution in [0, 0.1) is 5.41 Å². The lowest BCUT2D eigenvalue weighted by Crippen LogP contribution is -2.33. The fourth-order valence-electron chi connectivity index (χ4n) is 1.63. The second-order valence-corrected chi connectivity index (χ2v) is 5.62. The van der Waals surface area contributed by atoms with E-state index < -0.39 is 0 Å². The predicted octanol–water partition coefficient (Wildman–Crippen LogP) is 2.46. The van der Waals surface area contributed by atoms with Gasteiger partial charge in [-0.2, -0.15) is 0 Å². The Hall–Kier alpha value is -1.81. The first kappa shape index (κ1) is 16.2. The van der Waals surface area contributed by atoms with E-state index in [1.807, 2.05) is 24.3 Å². The summed E-state index contributed by atoms with van der Waals surface area (Å²) in [6.07, 6.45) is 4.22. The van der Waals surface area contributed by atoms with Gasteiger partial charge in [0.1, 0.15) is 0 Å². The number of anilines is 1. The Balaban J connectivity index is 2.41. The molecule has 3 N–H and O–H groups in total. The SMILES string of the molecule is COCCC(C)(C)CNC(=O)/C=C/c1ccc(N)cc1. The monoisotopic (exact) mass is 276 g/mol. The Bertz CT molecular complexity index is 450. The van der Waals surface area contributed by atoms with E-state index in [-0.39, 0.29) is 11.3 Å². The van der Waals surface area contributed by atoms with Gasteiger partial charge in [-0.15, -0.1) is 0 Å². The van der Waals surface area contributed by atoms with E-state index in [1.165, 1.54) is 6.08 Å². The maximum Gasteiger partial charge on any atom is 0.244 e. The molecule has 0 radical (unpaired) electrons. The van der Waals surface area contributed by atoms with Crippen LogP contribution in [0.15, 0.2) is 30.3 Å². The Morgan fingerprint density at radius 1 is 1.35 bits per heavy atom. The second-order valence-electron chi connectivity index (χ2n) is 5.62. The molecule has 1 aromatic rings. The van der Waals surface area contributed by atoms with Gasteiger partial charge in [-0.05, 0) is 35.6 Å². The van der Waals surface area contributed by atoms with Crippen molar-refractivity contribution in [3.63, 3.8) is 0 Å². The molecule has 0 saturated heterocycles. The van der Waals surface area contributed by atoms with Crippen LogP contribution in [0.2, 0.25) is 0 Å². The van der Waals surface area contributed by atoms with Crippen molar-refractivity contribution in [2.24, 2.45) is 5.41 Å². The number of nitrogens with one attached hydrogen (secondary N) is 1. The molecule has 1 aromatic carbocycles. The third kappa shape index (κ3) is 6.38. The summed E-state index contributed by atoms with van der Waals surface area (Å²) in [7, 11) is 1.68. The summed E-state index contributed by atoms with van der Waals surface area (Å²) in [6.45, 7) is 5.54. The van der Waals surface area contributed by atoms with Crippen LogP contribution in [0.5, 0.6) is 0 Å². The normalized spacial score (nSPS) is 11.8. The van der Waals surface area contributed by atoms with E-state index in [0.717, 1.165) is 12.0 Å². The lowest BCUT2D eigenvalue weighted by molar-refractivity contribution is -0.116. The number of ether oxygens (including phenoxy) is 1. The quantitative estimate of drug-likeness (QED) is 0.594. The number of rotatable bonds is 7. The van der Waals surface area contributed by atoms with E-state index in [4.69, 9.17) is 10.5 Å². The highest BCUT2D eigenvalue weighted by Crippen LogP contribution is 2.18. The van der Waals surface area contributed by atoms with Gasteiger partial charge in [0, 0.05) is 32.0 Å². The average Bonchev–Trinajstić information content (AvgIpc) is 2.42. The minimum atomic E-state index is -0.0904. The van der Waals surface area contributed by atoms with Gasteiger partial charge in [0.15, 0.2) is 0 Å². The molecule has 0 saturated carbocycles. The summed E-state index contributed by atoms with van der Waals surface area (Å²) in [5.74, 6) is -0.0904. The zero-order valence-corrected chi connectivity index (χ0v) is 12.5. The van der Waals surface area contributed by atoms with Crippen LogP contribution in [0.3, 0.4) is 0 Å². The summed E-state index contributed by atoms with van der Waals surface area (Å²) in [5, 5.41) is 2.91. The van der Waals surface area contributed by atoms with Gasteiger partial charge in [-0.1, -0.05) is 26.0 Å². The summed E-state index contributed by atoms with van der Waals surface area (Å²) in [6, 6.07) is 7.38. The van der Waals surface area contributed by atoms with E-state index in [1.54, 1.807) is 13.2 Å². The third-order valence-corrected chi connectivity index (χ3v) is 3.09. The van der Waals surface area contributed by atoms with Gasteiger partial charge in [0.05, 0.1) is 0 Å². The molecule has 4 heteroatoms. The van der Waals surface area contributed by atoms with Gasteiger partial charge >= 0.3 is 0 Å².